The average Bonchev–Trinajstić information content (AvgIpc) is 2.79. The highest BCUT2D eigenvalue weighted by atomic mass is 35.5. The fourth-order valence-corrected chi connectivity index (χ4v) is 4.20. The van der Waals surface area contributed by atoms with Crippen molar-refractivity contribution < 1.29 is 14.3 Å². The fourth-order valence-electron chi connectivity index (χ4n) is 4.03. The van der Waals surface area contributed by atoms with Crippen LogP contribution in [0.3, 0.4) is 0 Å². The summed E-state index contributed by atoms with van der Waals surface area (Å²) in [4.78, 5) is 12.4. The molecule has 0 aliphatic heterocycles. The summed E-state index contributed by atoms with van der Waals surface area (Å²) < 4.78 is 12.1. The van der Waals surface area contributed by atoms with E-state index in [0.717, 1.165) is 44.2 Å². The molecule has 0 radical (unpaired) electrons. The third-order valence-corrected chi connectivity index (χ3v) is 5.55. The van der Waals surface area contributed by atoms with Gasteiger partial charge in [0.25, 0.3) is 0 Å². The van der Waals surface area contributed by atoms with Crippen LogP contribution in [0.2, 0.25) is 0 Å². The first-order chi connectivity index (χ1) is 15.2. The van der Waals surface area contributed by atoms with Gasteiger partial charge in [-0.05, 0) is 53.6 Å². The van der Waals surface area contributed by atoms with Gasteiger partial charge in [0, 0.05) is 29.0 Å². The van der Waals surface area contributed by atoms with Gasteiger partial charge in [-0.2, -0.15) is 0 Å². The molecular weight excluding hydrogens is 408 g/mol. The van der Waals surface area contributed by atoms with Crippen LogP contribution in [-0.2, 0) is 0 Å². The van der Waals surface area contributed by atoms with Crippen LogP contribution in [0.15, 0.2) is 66.7 Å². The van der Waals surface area contributed by atoms with Gasteiger partial charge in [0.2, 0.25) is 0 Å². The van der Waals surface area contributed by atoms with E-state index in [2.05, 4.69) is 18.2 Å². The molecule has 158 valence electrons. The van der Waals surface area contributed by atoms with Crippen molar-refractivity contribution >= 4 is 38.9 Å². The summed E-state index contributed by atoms with van der Waals surface area (Å²) in [6.45, 7) is 5.09. The van der Waals surface area contributed by atoms with Crippen molar-refractivity contribution in [3.05, 3.63) is 72.3 Å². The molecule has 0 fully saturated rings. The lowest BCUT2D eigenvalue weighted by Gasteiger charge is -2.19. The van der Waals surface area contributed by atoms with Crippen LogP contribution in [0, 0.1) is 0 Å². The van der Waals surface area contributed by atoms with E-state index in [-0.39, 0.29) is 5.78 Å². The lowest BCUT2D eigenvalue weighted by molar-refractivity contribution is 0.0989. The Bertz CT molecular complexity index is 1250. The highest BCUT2D eigenvalue weighted by Crippen LogP contribution is 2.45. The number of ether oxygens (including phenoxy) is 2. The van der Waals surface area contributed by atoms with E-state index in [0.29, 0.717) is 31.1 Å². The maximum absolute atomic E-state index is 12.4. The first-order valence-corrected chi connectivity index (χ1v) is 11.1. The maximum Gasteiger partial charge on any atom is 0.164 e. The first-order valence-electron chi connectivity index (χ1n) is 10.6. The maximum atomic E-state index is 12.4. The van der Waals surface area contributed by atoms with E-state index in [1.54, 1.807) is 0 Å². The minimum absolute atomic E-state index is 0.0486. The lowest BCUT2D eigenvalue weighted by atomic mass is 9.91. The molecule has 0 aromatic heterocycles. The molecule has 3 nitrogen and oxygen atoms in total. The molecule has 0 saturated heterocycles. The minimum atomic E-state index is 0.0486. The highest BCUT2D eigenvalue weighted by molar-refractivity contribution is 6.20. The molecule has 0 amide bonds. The van der Waals surface area contributed by atoms with E-state index < -0.39 is 0 Å². The summed E-state index contributed by atoms with van der Waals surface area (Å²) >= 11 is 5.78. The smallest absolute Gasteiger partial charge is 0.164 e. The summed E-state index contributed by atoms with van der Waals surface area (Å²) in [5, 5.41) is 4.23. The average molecular weight is 433 g/mol. The van der Waals surface area contributed by atoms with E-state index in [9.17, 15) is 4.79 Å². The number of alkyl halides is 1. The normalized spacial score (nSPS) is 11.1. The molecule has 31 heavy (non-hydrogen) atoms. The molecule has 0 aliphatic rings. The van der Waals surface area contributed by atoms with Crippen molar-refractivity contribution in [3.63, 3.8) is 0 Å². The predicted octanol–water partition coefficient (Wildman–Crippen LogP) is 7.27. The largest absolute Gasteiger partial charge is 0.493 e. The van der Waals surface area contributed by atoms with E-state index in [1.807, 2.05) is 62.4 Å². The summed E-state index contributed by atoms with van der Waals surface area (Å²) in [5.41, 5.74) is 2.66. The Balaban J connectivity index is 2.05. The van der Waals surface area contributed by atoms with Gasteiger partial charge in [0.1, 0.15) is 11.5 Å². The van der Waals surface area contributed by atoms with Crippen molar-refractivity contribution in [1.82, 2.24) is 0 Å². The Hall–Kier alpha value is -3.04. The highest BCUT2D eigenvalue weighted by Gasteiger charge is 2.19. The first kappa shape index (κ1) is 21.2. The Labute approximate surface area is 187 Å². The Kier molecular flexibility index (Phi) is 6.43. The molecule has 0 N–H and O–H groups in total. The summed E-state index contributed by atoms with van der Waals surface area (Å²) in [6, 6.07) is 22.2. The third kappa shape index (κ3) is 4.11. The molecule has 4 aromatic rings. The SMILES string of the molecule is CCOc1ccc2ccccc2c1-c1c(OCC)ccc2cc(C(=O)CCCl)ccc12. The van der Waals surface area contributed by atoms with Crippen molar-refractivity contribution in [3.8, 4) is 22.6 Å². The number of hydrogen-bond acceptors (Lipinski definition) is 3. The zero-order valence-corrected chi connectivity index (χ0v) is 18.5. The van der Waals surface area contributed by atoms with Gasteiger partial charge in [0.15, 0.2) is 5.78 Å². The van der Waals surface area contributed by atoms with Crippen molar-refractivity contribution in [2.24, 2.45) is 0 Å². The quantitative estimate of drug-likeness (QED) is 0.217. The summed E-state index contributed by atoms with van der Waals surface area (Å²) in [7, 11) is 0. The minimum Gasteiger partial charge on any atom is -0.493 e. The van der Waals surface area contributed by atoms with Crippen molar-refractivity contribution in [1.29, 1.82) is 0 Å². The van der Waals surface area contributed by atoms with Gasteiger partial charge in [-0.1, -0.05) is 48.5 Å². The van der Waals surface area contributed by atoms with E-state index in [4.69, 9.17) is 21.1 Å². The number of fused-ring (bicyclic) bond motifs is 2. The van der Waals surface area contributed by atoms with Crippen LogP contribution in [-0.4, -0.2) is 24.9 Å². The number of benzene rings is 4. The van der Waals surface area contributed by atoms with Gasteiger partial charge >= 0.3 is 0 Å². The molecular formula is C27H25ClO3. The van der Waals surface area contributed by atoms with Crippen molar-refractivity contribution in [2.45, 2.75) is 20.3 Å². The third-order valence-electron chi connectivity index (χ3n) is 5.37. The topological polar surface area (TPSA) is 35.5 Å². The number of hydrogen-bond donors (Lipinski definition) is 0. The standard InChI is InChI=1S/C27H25ClO3/c1-3-30-24-13-10-18-7-5-6-8-21(18)26(24)27-22-12-9-20(23(29)15-16-28)17-19(22)11-14-25(27)31-4-2/h5-14,17H,3-4,15-16H2,1-2H3. The molecule has 0 saturated carbocycles. The number of ketones is 1. The van der Waals surface area contributed by atoms with Gasteiger partial charge in [-0.3, -0.25) is 4.79 Å². The molecule has 0 atom stereocenters. The second-order valence-electron chi connectivity index (χ2n) is 7.26. The zero-order chi connectivity index (χ0) is 21.8. The van der Waals surface area contributed by atoms with Crippen LogP contribution in [0.25, 0.3) is 32.7 Å². The van der Waals surface area contributed by atoms with Gasteiger partial charge in [-0.25, -0.2) is 0 Å². The Morgan fingerprint density at radius 3 is 2.03 bits per heavy atom. The molecule has 4 rings (SSSR count). The van der Waals surface area contributed by atoms with Gasteiger partial charge < -0.3 is 9.47 Å². The second kappa shape index (κ2) is 9.40. The molecule has 4 aromatic carbocycles. The Morgan fingerprint density at radius 2 is 1.39 bits per heavy atom. The number of halogens is 1. The number of rotatable bonds is 8. The molecule has 0 heterocycles. The number of carbonyl (C=O) groups is 1. The molecule has 4 heteroatoms. The molecule has 0 spiro atoms. The predicted molar refractivity (Wildman–Crippen MR) is 129 cm³/mol. The van der Waals surface area contributed by atoms with Crippen LogP contribution in [0.4, 0.5) is 0 Å². The van der Waals surface area contributed by atoms with Crippen LogP contribution in [0.5, 0.6) is 11.5 Å². The lowest BCUT2D eigenvalue weighted by Crippen LogP contribution is -2.01. The van der Waals surface area contributed by atoms with Gasteiger partial charge in [-0.15, -0.1) is 11.6 Å². The molecule has 0 bridgehead atoms. The Morgan fingerprint density at radius 1 is 0.774 bits per heavy atom. The zero-order valence-electron chi connectivity index (χ0n) is 17.8. The summed E-state index contributed by atoms with van der Waals surface area (Å²) in [5.74, 6) is 1.98. The fraction of sp³-hybridized carbons (Fsp3) is 0.222. The van der Waals surface area contributed by atoms with Crippen LogP contribution in [0.1, 0.15) is 30.6 Å². The number of Topliss-reactive ketones (excluding diaryl/α,β-unsaturated/α-hetero) is 1. The number of carbonyl (C=O) groups excluding carboxylic acids is 1. The van der Waals surface area contributed by atoms with E-state index in [1.165, 1.54) is 0 Å². The summed E-state index contributed by atoms with van der Waals surface area (Å²) in [6.07, 6.45) is 0.328. The molecule has 0 unspecified atom stereocenters. The van der Waals surface area contributed by atoms with Gasteiger partial charge in [0.05, 0.1) is 13.2 Å². The monoisotopic (exact) mass is 432 g/mol. The van der Waals surface area contributed by atoms with Crippen LogP contribution >= 0.6 is 11.6 Å². The molecule has 0 aliphatic carbocycles. The second-order valence-corrected chi connectivity index (χ2v) is 7.64. The van der Waals surface area contributed by atoms with Crippen molar-refractivity contribution in [2.75, 3.05) is 19.1 Å². The van der Waals surface area contributed by atoms with E-state index >= 15 is 0 Å². The van der Waals surface area contributed by atoms with Crippen LogP contribution < -0.4 is 9.47 Å².